The van der Waals surface area contributed by atoms with Gasteiger partial charge in [-0.05, 0) is 41.2 Å². The van der Waals surface area contributed by atoms with E-state index in [-0.39, 0.29) is 5.91 Å². The molecule has 2 nitrogen and oxygen atoms in total. The highest BCUT2D eigenvalue weighted by Crippen LogP contribution is 2.24. The molecular weight excluding hydrogens is 258 g/mol. The maximum absolute atomic E-state index is 11.9. The Labute approximate surface area is 127 Å². The van der Waals surface area contributed by atoms with Gasteiger partial charge in [0.1, 0.15) is 0 Å². The third-order valence-electron chi connectivity index (χ3n) is 3.96. The summed E-state index contributed by atoms with van der Waals surface area (Å²) in [5.74, 6) is 0.632. The number of rotatable bonds is 4. The fraction of sp³-hybridized carbons (Fsp3) is 0.316. The van der Waals surface area contributed by atoms with E-state index in [1.165, 1.54) is 11.1 Å². The molecule has 21 heavy (non-hydrogen) atoms. The monoisotopic (exact) mass is 281 g/mol. The molecule has 0 bridgehead atoms. The second kappa shape index (κ2) is 6.57. The maximum Gasteiger partial charge on any atom is 0.253 e. The van der Waals surface area contributed by atoms with Crippen LogP contribution in [0, 0.1) is 0 Å². The highest BCUT2D eigenvalue weighted by Gasteiger charge is 2.08. The first-order valence-electron chi connectivity index (χ1n) is 7.45. The number of amides is 1. The van der Waals surface area contributed by atoms with Crippen molar-refractivity contribution < 1.29 is 4.79 Å². The number of nitrogens with zero attached hydrogens (tertiary/aromatic N) is 1. The van der Waals surface area contributed by atoms with Crippen molar-refractivity contribution in [3.05, 3.63) is 59.7 Å². The van der Waals surface area contributed by atoms with Gasteiger partial charge in [-0.2, -0.15) is 0 Å². The van der Waals surface area contributed by atoms with E-state index in [4.69, 9.17) is 0 Å². The van der Waals surface area contributed by atoms with Gasteiger partial charge in [0, 0.05) is 19.7 Å². The molecule has 1 unspecified atom stereocenters. The molecule has 0 aliphatic heterocycles. The zero-order valence-corrected chi connectivity index (χ0v) is 13.3. The van der Waals surface area contributed by atoms with Crippen molar-refractivity contribution in [3.8, 4) is 11.1 Å². The highest BCUT2D eigenvalue weighted by atomic mass is 16.2. The molecule has 2 aromatic rings. The van der Waals surface area contributed by atoms with Crippen LogP contribution in [0.1, 0.15) is 42.1 Å². The Kier molecular flexibility index (Phi) is 4.79. The molecule has 110 valence electrons. The number of carbonyl (C=O) groups is 1. The van der Waals surface area contributed by atoms with Gasteiger partial charge in [-0.25, -0.2) is 0 Å². The number of benzene rings is 2. The SMILES string of the molecule is CCC(C)c1ccc(-c2ccc(C(=O)N(C)C)cc2)cc1. The van der Waals surface area contributed by atoms with E-state index >= 15 is 0 Å². The van der Waals surface area contributed by atoms with Crippen LogP contribution in [0.25, 0.3) is 11.1 Å². The lowest BCUT2D eigenvalue weighted by molar-refractivity contribution is 0.0827. The van der Waals surface area contributed by atoms with E-state index in [0.717, 1.165) is 17.5 Å². The third kappa shape index (κ3) is 3.52. The minimum Gasteiger partial charge on any atom is -0.345 e. The van der Waals surface area contributed by atoms with Gasteiger partial charge in [-0.15, -0.1) is 0 Å². The average Bonchev–Trinajstić information content (AvgIpc) is 2.53. The summed E-state index contributed by atoms with van der Waals surface area (Å²) in [7, 11) is 3.54. The van der Waals surface area contributed by atoms with Crippen LogP contribution in [-0.4, -0.2) is 24.9 Å². The van der Waals surface area contributed by atoms with Gasteiger partial charge in [-0.3, -0.25) is 4.79 Å². The van der Waals surface area contributed by atoms with E-state index in [1.54, 1.807) is 19.0 Å². The molecule has 0 heterocycles. The Morgan fingerprint density at radius 3 is 1.86 bits per heavy atom. The van der Waals surface area contributed by atoms with Crippen LogP contribution in [-0.2, 0) is 0 Å². The first kappa shape index (κ1) is 15.3. The Morgan fingerprint density at radius 1 is 0.952 bits per heavy atom. The first-order chi connectivity index (χ1) is 10.0. The van der Waals surface area contributed by atoms with Gasteiger partial charge >= 0.3 is 0 Å². The molecule has 1 amide bonds. The van der Waals surface area contributed by atoms with Crippen LogP contribution >= 0.6 is 0 Å². The van der Waals surface area contributed by atoms with Crippen LogP contribution in [0.5, 0.6) is 0 Å². The van der Waals surface area contributed by atoms with E-state index in [9.17, 15) is 4.79 Å². The molecular formula is C19H23NO. The summed E-state index contributed by atoms with van der Waals surface area (Å²) in [4.78, 5) is 13.5. The zero-order valence-electron chi connectivity index (χ0n) is 13.3. The highest BCUT2D eigenvalue weighted by molar-refractivity contribution is 5.94. The quantitative estimate of drug-likeness (QED) is 0.804. The predicted molar refractivity (Wildman–Crippen MR) is 88.6 cm³/mol. The molecule has 0 fully saturated rings. The summed E-state index contributed by atoms with van der Waals surface area (Å²) >= 11 is 0. The molecule has 0 saturated heterocycles. The van der Waals surface area contributed by atoms with Crippen LogP contribution in [0.2, 0.25) is 0 Å². The molecule has 2 aromatic carbocycles. The van der Waals surface area contributed by atoms with Crippen molar-refractivity contribution >= 4 is 5.91 Å². The Bertz CT molecular complexity index is 596. The lowest BCUT2D eigenvalue weighted by Gasteiger charge is -2.12. The molecule has 2 rings (SSSR count). The smallest absolute Gasteiger partial charge is 0.253 e. The second-order valence-corrected chi connectivity index (χ2v) is 5.71. The number of carbonyl (C=O) groups excluding carboxylic acids is 1. The molecule has 0 aliphatic rings. The second-order valence-electron chi connectivity index (χ2n) is 5.71. The summed E-state index contributed by atoms with van der Waals surface area (Å²) in [6.45, 7) is 4.45. The van der Waals surface area contributed by atoms with Gasteiger partial charge in [0.05, 0.1) is 0 Å². The molecule has 0 radical (unpaired) electrons. The molecule has 0 saturated carbocycles. The van der Waals surface area contributed by atoms with Crippen LogP contribution in [0.15, 0.2) is 48.5 Å². The predicted octanol–water partition coefficient (Wildman–Crippen LogP) is 4.57. The van der Waals surface area contributed by atoms with Crippen LogP contribution < -0.4 is 0 Å². The normalized spacial score (nSPS) is 12.0. The van der Waals surface area contributed by atoms with Crippen molar-refractivity contribution in [1.82, 2.24) is 4.90 Å². The lowest BCUT2D eigenvalue weighted by Crippen LogP contribution is -2.21. The van der Waals surface area contributed by atoms with E-state index in [2.05, 4.69) is 38.1 Å². The third-order valence-corrected chi connectivity index (χ3v) is 3.96. The Balaban J connectivity index is 2.21. The molecule has 2 heteroatoms. The maximum atomic E-state index is 11.9. The largest absolute Gasteiger partial charge is 0.345 e. The Hall–Kier alpha value is -2.09. The van der Waals surface area contributed by atoms with E-state index in [1.807, 2.05) is 24.3 Å². The lowest BCUT2D eigenvalue weighted by atomic mass is 9.95. The summed E-state index contributed by atoms with van der Waals surface area (Å²) in [5, 5.41) is 0. The van der Waals surface area contributed by atoms with Crippen LogP contribution in [0.3, 0.4) is 0 Å². The van der Waals surface area contributed by atoms with Crippen molar-refractivity contribution in [1.29, 1.82) is 0 Å². The minimum absolute atomic E-state index is 0.0358. The fourth-order valence-corrected chi connectivity index (χ4v) is 2.30. The summed E-state index contributed by atoms with van der Waals surface area (Å²) in [5.41, 5.74) is 4.42. The van der Waals surface area contributed by atoms with Gasteiger partial charge in [0.25, 0.3) is 5.91 Å². The zero-order chi connectivity index (χ0) is 15.4. The summed E-state index contributed by atoms with van der Waals surface area (Å²) in [6, 6.07) is 16.5. The van der Waals surface area contributed by atoms with Crippen molar-refractivity contribution in [2.75, 3.05) is 14.1 Å². The van der Waals surface area contributed by atoms with Crippen molar-refractivity contribution in [2.24, 2.45) is 0 Å². The standard InChI is InChI=1S/C19H23NO/c1-5-14(2)15-6-8-16(9-7-15)17-10-12-18(13-11-17)19(21)20(3)4/h6-14H,5H2,1-4H3. The Morgan fingerprint density at radius 2 is 1.43 bits per heavy atom. The van der Waals surface area contributed by atoms with Gasteiger partial charge in [0.2, 0.25) is 0 Å². The average molecular weight is 281 g/mol. The van der Waals surface area contributed by atoms with Gasteiger partial charge in [0.15, 0.2) is 0 Å². The van der Waals surface area contributed by atoms with E-state index in [0.29, 0.717) is 5.92 Å². The number of hydrogen-bond donors (Lipinski definition) is 0. The topological polar surface area (TPSA) is 20.3 Å². The molecule has 0 aromatic heterocycles. The summed E-state index contributed by atoms with van der Waals surface area (Å²) in [6.07, 6.45) is 1.15. The van der Waals surface area contributed by atoms with E-state index < -0.39 is 0 Å². The first-order valence-corrected chi connectivity index (χ1v) is 7.45. The number of hydrogen-bond acceptors (Lipinski definition) is 1. The van der Waals surface area contributed by atoms with Crippen molar-refractivity contribution in [3.63, 3.8) is 0 Å². The molecule has 0 aliphatic carbocycles. The van der Waals surface area contributed by atoms with Gasteiger partial charge < -0.3 is 4.90 Å². The minimum atomic E-state index is 0.0358. The van der Waals surface area contributed by atoms with Crippen molar-refractivity contribution in [2.45, 2.75) is 26.2 Å². The molecule has 1 atom stereocenters. The van der Waals surface area contributed by atoms with Crippen LogP contribution in [0.4, 0.5) is 0 Å². The molecule has 0 N–H and O–H groups in total. The summed E-state index contributed by atoms with van der Waals surface area (Å²) < 4.78 is 0. The fourth-order valence-electron chi connectivity index (χ4n) is 2.30. The molecule has 0 spiro atoms. The van der Waals surface area contributed by atoms with Gasteiger partial charge in [-0.1, -0.05) is 50.2 Å².